The van der Waals surface area contributed by atoms with Gasteiger partial charge < -0.3 is 39.7 Å². The molecule has 0 amide bonds. The lowest BCUT2D eigenvalue weighted by Gasteiger charge is -2.08. The number of aromatic amines is 1. The Kier molecular flexibility index (Phi) is 46.5. The lowest BCUT2D eigenvalue weighted by atomic mass is 10.1. The zero-order valence-corrected chi connectivity index (χ0v) is 56.8. The van der Waals surface area contributed by atoms with E-state index in [2.05, 4.69) is 40.2 Å². The summed E-state index contributed by atoms with van der Waals surface area (Å²) < 4.78 is 15.6. The third kappa shape index (κ3) is 29.6. The fourth-order valence-corrected chi connectivity index (χ4v) is 7.12. The Balaban J connectivity index is -0.00000100. The van der Waals surface area contributed by atoms with E-state index >= 15 is 0 Å². The number of rotatable bonds is 12. The summed E-state index contributed by atoms with van der Waals surface area (Å²) in [6.45, 7) is 28.4. The lowest BCUT2D eigenvalue weighted by Crippen LogP contribution is -2.14. The van der Waals surface area contributed by atoms with Crippen LogP contribution in [0.1, 0.15) is 147 Å². The molecule has 492 valence electrons. The predicted octanol–water partition coefficient (Wildman–Crippen LogP) is 16.2. The molecule has 21 heteroatoms. The normalized spacial score (nSPS) is 9.90. The number of carboxylic acid groups (broad SMARTS) is 3. The minimum Gasteiger partial charge on any atom is -0.506 e. The quantitative estimate of drug-likeness (QED) is 0.0218. The van der Waals surface area contributed by atoms with Gasteiger partial charge in [0.15, 0.2) is 5.76 Å². The molecule has 20 nitrogen and oxygen atoms in total. The topological polar surface area (TPSA) is 299 Å². The number of aryl methyl sites for hydroxylation is 4. The Bertz CT molecular complexity index is 3360. The van der Waals surface area contributed by atoms with Crippen LogP contribution in [-0.4, -0.2) is 115 Å². The van der Waals surface area contributed by atoms with Crippen LogP contribution < -0.4 is 5.32 Å². The molecule has 0 atom stereocenters. The maximum atomic E-state index is 11.6. The summed E-state index contributed by atoms with van der Waals surface area (Å²) in [5, 5.41) is 54.2. The largest absolute Gasteiger partial charge is 0.506 e. The number of esters is 2. The van der Waals surface area contributed by atoms with Crippen LogP contribution in [0.25, 0.3) is 39.6 Å². The van der Waals surface area contributed by atoms with E-state index in [-0.39, 0.29) is 34.0 Å². The molecular weight excluding hydrogens is 1180 g/mol. The van der Waals surface area contributed by atoms with Gasteiger partial charge in [-0.15, -0.1) is 0 Å². The van der Waals surface area contributed by atoms with Crippen LogP contribution in [0.2, 0.25) is 0 Å². The van der Waals surface area contributed by atoms with Crippen LogP contribution in [0.3, 0.4) is 0 Å². The van der Waals surface area contributed by atoms with Gasteiger partial charge in [-0.05, 0) is 46.2 Å². The molecule has 0 bridgehead atoms. The number of aliphatic hydroxyl groups is 1. The van der Waals surface area contributed by atoms with Crippen molar-refractivity contribution in [1.29, 1.82) is 0 Å². The first-order valence-corrected chi connectivity index (χ1v) is 29.6. The zero-order valence-electron chi connectivity index (χ0n) is 56.1. The molecule has 5 aromatic carbocycles. The van der Waals surface area contributed by atoms with Crippen LogP contribution >= 0.6 is 11.6 Å². The van der Waals surface area contributed by atoms with Gasteiger partial charge in [-0.1, -0.05) is 226 Å². The summed E-state index contributed by atoms with van der Waals surface area (Å²) in [7, 11) is 7.67. The zero-order chi connectivity index (χ0) is 70.2. The highest BCUT2D eigenvalue weighted by Crippen LogP contribution is 2.27. The third-order valence-electron chi connectivity index (χ3n) is 11.1. The summed E-state index contributed by atoms with van der Waals surface area (Å²) in [6, 6.07) is 45.3. The van der Waals surface area contributed by atoms with Crippen molar-refractivity contribution >= 4 is 58.2 Å². The summed E-state index contributed by atoms with van der Waals surface area (Å²) in [4.78, 5) is 69.5. The SMILES string of the molecule is CC.CC.CC.CC.CC.CN/C(C)=C\C(=O)OC.CN=C(C)C(C(=O)OC)=C(O)c1ccccc1.Cc1[nH]nc(-c2ccccc2)c1C(=O)O.Cc1nn(C)c(-c2ccccc2)c1C(=O)O.Cc1noc(-c2ccccc2)c1C(=O)O.O=C(Cl)c1ccccc1. The van der Waals surface area contributed by atoms with Crippen molar-refractivity contribution in [3.05, 3.63) is 214 Å². The number of H-pyrrole nitrogens is 1. The maximum absolute atomic E-state index is 11.6. The number of halogens is 1. The number of carboxylic acids is 3. The Hall–Kier alpha value is -10.2. The van der Waals surface area contributed by atoms with Crippen molar-refractivity contribution in [2.75, 3.05) is 28.3 Å². The molecule has 8 rings (SSSR count). The molecule has 0 fully saturated rings. The fraction of sp³-hybridized carbons (Fsp3) is 0.286. The van der Waals surface area contributed by atoms with Crippen LogP contribution in [0.15, 0.2) is 179 Å². The number of aromatic nitrogens is 5. The van der Waals surface area contributed by atoms with Crippen LogP contribution in [-0.2, 0) is 26.1 Å². The van der Waals surface area contributed by atoms with Crippen LogP contribution in [0, 0.1) is 20.8 Å². The smallest absolute Gasteiger partial charge is 0.343 e. The average molecular weight is 1270 g/mol. The number of hydrogen-bond acceptors (Lipinski definition) is 15. The number of carbonyl (C=O) groups is 6. The van der Waals surface area contributed by atoms with E-state index < -0.39 is 29.1 Å². The first-order chi connectivity index (χ1) is 43.6. The summed E-state index contributed by atoms with van der Waals surface area (Å²) in [5.41, 5.74) is 8.05. The first-order valence-electron chi connectivity index (χ1n) is 29.2. The molecule has 0 saturated carbocycles. The number of benzene rings is 5. The minimum atomic E-state index is -1.02. The number of hydrogen-bond donors (Lipinski definition) is 6. The number of allylic oxidation sites excluding steroid dienone is 1. The number of aliphatic imine (C=N–C) groups is 1. The van der Waals surface area contributed by atoms with Gasteiger partial charge in [-0.25, -0.2) is 24.0 Å². The molecule has 0 aliphatic heterocycles. The predicted molar refractivity (Wildman–Crippen MR) is 365 cm³/mol. The van der Waals surface area contributed by atoms with E-state index in [4.69, 9.17) is 31.4 Å². The summed E-state index contributed by atoms with van der Waals surface area (Å²) in [6.07, 6.45) is 1.39. The second-order valence-corrected chi connectivity index (χ2v) is 17.0. The van der Waals surface area contributed by atoms with Crippen molar-refractivity contribution in [2.24, 2.45) is 12.0 Å². The molecule has 0 spiro atoms. The fourth-order valence-electron chi connectivity index (χ4n) is 6.99. The van der Waals surface area contributed by atoms with Crippen molar-refractivity contribution < 1.29 is 63.2 Å². The van der Waals surface area contributed by atoms with Crippen molar-refractivity contribution in [2.45, 2.75) is 104 Å². The second kappa shape index (κ2) is 49.7. The van der Waals surface area contributed by atoms with E-state index in [1.54, 1.807) is 121 Å². The Labute approximate surface area is 541 Å². The minimum absolute atomic E-state index is 0.0844. The molecule has 0 aliphatic carbocycles. The van der Waals surface area contributed by atoms with Gasteiger partial charge in [0.1, 0.15) is 33.7 Å². The van der Waals surface area contributed by atoms with Crippen molar-refractivity contribution in [3.63, 3.8) is 0 Å². The Morgan fingerprint density at radius 1 is 0.582 bits per heavy atom. The monoisotopic (exact) mass is 1270 g/mol. The van der Waals surface area contributed by atoms with Gasteiger partial charge in [0.25, 0.3) is 5.24 Å². The first kappa shape index (κ1) is 85.0. The molecular formula is C70H92ClN7O13. The number of ether oxygens (including phenoxy) is 2. The number of nitrogens with zero attached hydrogens (tertiary/aromatic N) is 5. The van der Waals surface area contributed by atoms with Gasteiger partial charge >= 0.3 is 29.8 Å². The molecule has 8 aromatic rings. The number of nitrogens with one attached hydrogen (secondary N) is 2. The molecule has 0 saturated heterocycles. The standard InChI is InChI=1S/C13H15NO3.C12H12N2O2.C11H10N2O2.C11H9NO3.C7H5ClO.C6H11NO2.5C2H6/c1-9(14-2)11(13(16)17-3)12(15)10-7-5-4-6-8-10;1-8-10(12(15)16)11(14(2)13-8)9-6-4-3-5-7-9;1-7-9(11(14)15)10(13-12-7)8-5-3-2-4-6-8;1-7-9(11(13)14)10(15-12-7)8-5-3-2-4-6-8;8-7(9)6-4-2-1-3-5-6;1-5(7-2)4-6(8)9-3;5*1-2/h4-8,15H,1-3H3;3-7H,1-2H3,(H,15,16);2-6H,1H3,(H,12,13)(H,14,15);2-6H,1H3,(H,13,14);1-5H;4,7H,1-3H3;5*1-2H3/b;;;;;5-4-;;;;;. The number of methoxy groups -OCH3 is 2. The average Bonchev–Trinajstić information content (AvgIpc) is 3.24. The molecule has 0 aliphatic rings. The third-order valence-corrected chi connectivity index (χ3v) is 11.3. The second-order valence-electron chi connectivity index (χ2n) is 16.6. The van der Waals surface area contributed by atoms with E-state index in [1.165, 1.54) is 20.3 Å². The highest BCUT2D eigenvalue weighted by molar-refractivity contribution is 6.67. The Morgan fingerprint density at radius 3 is 1.36 bits per heavy atom. The van der Waals surface area contributed by atoms with Gasteiger partial charge in [-0.2, -0.15) is 10.2 Å². The molecule has 0 unspecified atom stereocenters. The number of aliphatic hydroxyl groups excluding tert-OH is 1. The van der Waals surface area contributed by atoms with Gasteiger partial charge in [0, 0.05) is 72.1 Å². The van der Waals surface area contributed by atoms with E-state index in [0.29, 0.717) is 51.1 Å². The van der Waals surface area contributed by atoms with E-state index in [0.717, 1.165) is 22.4 Å². The number of aromatic carboxylic acids is 3. The van der Waals surface area contributed by atoms with Crippen molar-refractivity contribution in [1.82, 2.24) is 30.5 Å². The Morgan fingerprint density at radius 2 is 0.989 bits per heavy atom. The van der Waals surface area contributed by atoms with Crippen molar-refractivity contribution in [3.8, 4) is 33.8 Å². The van der Waals surface area contributed by atoms with Gasteiger partial charge in [-0.3, -0.25) is 19.6 Å². The van der Waals surface area contributed by atoms with Crippen LogP contribution in [0.5, 0.6) is 0 Å². The summed E-state index contributed by atoms with van der Waals surface area (Å²) >= 11 is 5.16. The van der Waals surface area contributed by atoms with E-state index in [9.17, 15) is 33.9 Å². The molecule has 3 heterocycles. The molecule has 0 radical (unpaired) electrons. The summed E-state index contributed by atoms with van der Waals surface area (Å²) in [5.74, 6) is -3.67. The molecule has 6 N–H and O–H groups in total. The molecule has 3 aromatic heterocycles. The highest BCUT2D eigenvalue weighted by Gasteiger charge is 2.23. The number of carbonyl (C=O) groups excluding carboxylic acids is 3. The van der Waals surface area contributed by atoms with E-state index in [1.807, 2.05) is 160 Å². The van der Waals surface area contributed by atoms with Gasteiger partial charge in [0.2, 0.25) is 0 Å². The van der Waals surface area contributed by atoms with Crippen LogP contribution in [0.4, 0.5) is 0 Å². The molecule has 91 heavy (non-hydrogen) atoms. The maximum Gasteiger partial charge on any atom is 0.343 e. The van der Waals surface area contributed by atoms with Gasteiger partial charge in [0.05, 0.1) is 31.3 Å². The highest BCUT2D eigenvalue weighted by atomic mass is 35.5. The lowest BCUT2D eigenvalue weighted by molar-refractivity contribution is -0.136.